The minimum atomic E-state index is -0.549. The third kappa shape index (κ3) is 7.47. The number of fused-ring (bicyclic) bond motifs is 1. The summed E-state index contributed by atoms with van der Waals surface area (Å²) in [7, 11) is 3.87. The van der Waals surface area contributed by atoms with Gasteiger partial charge in [0.05, 0.1) is 0 Å². The van der Waals surface area contributed by atoms with Crippen LogP contribution in [0, 0.1) is 11.8 Å². The summed E-state index contributed by atoms with van der Waals surface area (Å²) in [6.45, 7) is 4.83. The van der Waals surface area contributed by atoms with Gasteiger partial charge in [0.1, 0.15) is 12.1 Å². The molecule has 1 aliphatic carbocycles. The van der Waals surface area contributed by atoms with E-state index in [9.17, 15) is 14.4 Å². The number of rotatable bonds is 10. The van der Waals surface area contributed by atoms with Gasteiger partial charge in [-0.3, -0.25) is 19.2 Å². The fourth-order valence-electron chi connectivity index (χ4n) is 5.79. The lowest BCUT2D eigenvalue weighted by molar-refractivity contribution is -0.154. The average molecular weight is 551 g/mol. The Labute approximate surface area is 236 Å². The first-order chi connectivity index (χ1) is 19.2. The molecule has 4 rings (SSSR count). The zero-order valence-electron chi connectivity index (χ0n) is 23.9. The topological polar surface area (TPSA) is 119 Å². The fourth-order valence-corrected chi connectivity index (χ4v) is 5.79. The molecule has 3 N–H and O–H groups in total. The van der Waals surface area contributed by atoms with Gasteiger partial charge in [0, 0.05) is 25.2 Å². The van der Waals surface area contributed by atoms with E-state index >= 15 is 0 Å². The minimum absolute atomic E-state index is 0.0250. The van der Waals surface area contributed by atoms with Crippen molar-refractivity contribution >= 4 is 29.9 Å². The Morgan fingerprint density at radius 2 is 1.65 bits per heavy atom. The molecule has 2 aromatic rings. The number of benzene rings is 2. The number of carbonyl (C=O) groups is 4. The van der Waals surface area contributed by atoms with Gasteiger partial charge in [0.25, 0.3) is 6.47 Å². The molecule has 1 saturated heterocycles. The van der Waals surface area contributed by atoms with Crippen LogP contribution in [0.2, 0.25) is 0 Å². The lowest BCUT2D eigenvalue weighted by Gasteiger charge is -2.44. The van der Waals surface area contributed by atoms with Crippen LogP contribution >= 0.6 is 0 Å². The lowest BCUT2D eigenvalue weighted by atomic mass is 9.86. The first-order valence-electron chi connectivity index (χ1n) is 14.0. The monoisotopic (exact) mass is 550 g/mol. The Morgan fingerprint density at radius 1 is 1.07 bits per heavy atom. The summed E-state index contributed by atoms with van der Waals surface area (Å²) < 4.78 is 0. The summed E-state index contributed by atoms with van der Waals surface area (Å²) >= 11 is 0. The van der Waals surface area contributed by atoms with E-state index in [1.54, 1.807) is 4.90 Å². The predicted octanol–water partition coefficient (Wildman–Crippen LogP) is 3.32. The zero-order chi connectivity index (χ0) is 29.2. The SMILES string of the molecule is CCC(CC)[C@@H]1C(=O)N[C@H](C2Cc3ccccc3C2)C(=O)N1Cc1ccccc1NC(=O)CCN(C)C.O=CO. The summed E-state index contributed by atoms with van der Waals surface area (Å²) in [5.41, 5.74) is 4.05. The lowest BCUT2D eigenvalue weighted by Crippen LogP contribution is -2.66. The van der Waals surface area contributed by atoms with E-state index in [-0.39, 0.29) is 42.6 Å². The van der Waals surface area contributed by atoms with Gasteiger partial charge in [0.15, 0.2) is 0 Å². The van der Waals surface area contributed by atoms with Crippen LogP contribution in [0.25, 0.3) is 0 Å². The summed E-state index contributed by atoms with van der Waals surface area (Å²) in [4.78, 5) is 52.4. The standard InChI is InChI=1S/C30H40N4O3.CH2O2/c1-5-20(6-2)28-29(36)32-27(24-17-21-11-7-8-12-22(21)18-24)30(37)34(28)19-23-13-9-10-14-25(23)31-26(35)15-16-33(3)4;2-1-3/h7-14,20,24,27-28H,5-6,15-19H2,1-4H3,(H,31,35)(H,32,36);1H,(H,2,3)/t27-,28-;/m1./s1. The molecule has 1 aliphatic heterocycles. The summed E-state index contributed by atoms with van der Waals surface area (Å²) in [6.07, 6.45) is 3.57. The molecule has 2 aliphatic rings. The quantitative estimate of drug-likeness (QED) is 0.391. The second-order valence-electron chi connectivity index (χ2n) is 10.8. The second kappa shape index (κ2) is 14.6. The number of carbonyl (C=O) groups excluding carboxylic acids is 3. The van der Waals surface area contributed by atoms with E-state index in [0.29, 0.717) is 18.7 Å². The zero-order valence-corrected chi connectivity index (χ0v) is 23.9. The van der Waals surface area contributed by atoms with Crippen molar-refractivity contribution in [3.63, 3.8) is 0 Å². The maximum absolute atomic E-state index is 14.1. The van der Waals surface area contributed by atoms with Crippen LogP contribution in [0.4, 0.5) is 5.69 Å². The number of nitrogens with one attached hydrogen (secondary N) is 2. The summed E-state index contributed by atoms with van der Waals surface area (Å²) in [6, 6.07) is 14.8. The van der Waals surface area contributed by atoms with Crippen molar-refractivity contribution in [1.82, 2.24) is 15.1 Å². The van der Waals surface area contributed by atoms with Crippen molar-refractivity contribution in [3.05, 3.63) is 65.2 Å². The molecule has 216 valence electrons. The number of hydrogen-bond donors (Lipinski definition) is 3. The Morgan fingerprint density at radius 3 is 2.23 bits per heavy atom. The van der Waals surface area contributed by atoms with E-state index in [1.807, 2.05) is 55.4 Å². The highest BCUT2D eigenvalue weighted by Crippen LogP contribution is 2.34. The number of para-hydroxylation sites is 1. The van der Waals surface area contributed by atoms with Crippen molar-refractivity contribution in [2.45, 2.75) is 64.6 Å². The van der Waals surface area contributed by atoms with Crippen LogP contribution < -0.4 is 10.6 Å². The Kier molecular flexibility index (Phi) is 11.3. The third-order valence-electron chi connectivity index (χ3n) is 7.92. The molecule has 9 heteroatoms. The van der Waals surface area contributed by atoms with Gasteiger partial charge in [-0.15, -0.1) is 0 Å². The van der Waals surface area contributed by atoms with E-state index in [4.69, 9.17) is 9.90 Å². The van der Waals surface area contributed by atoms with Gasteiger partial charge >= 0.3 is 0 Å². The molecule has 0 bridgehead atoms. The molecule has 0 radical (unpaired) electrons. The van der Waals surface area contributed by atoms with Gasteiger partial charge in [-0.25, -0.2) is 0 Å². The molecule has 2 atom stereocenters. The molecule has 0 aromatic heterocycles. The maximum Gasteiger partial charge on any atom is 0.290 e. The Hall–Kier alpha value is -3.72. The summed E-state index contributed by atoms with van der Waals surface area (Å²) in [5.74, 6) is -0.0562. The number of nitrogens with zero attached hydrogens (tertiary/aromatic N) is 2. The Balaban J connectivity index is 0.00000141. The third-order valence-corrected chi connectivity index (χ3v) is 7.92. The maximum atomic E-state index is 14.1. The summed E-state index contributed by atoms with van der Waals surface area (Å²) in [5, 5.41) is 13.0. The van der Waals surface area contributed by atoms with Gasteiger partial charge in [-0.1, -0.05) is 69.2 Å². The van der Waals surface area contributed by atoms with Crippen LogP contribution in [-0.4, -0.2) is 71.8 Å². The van der Waals surface area contributed by atoms with Crippen molar-refractivity contribution in [3.8, 4) is 0 Å². The van der Waals surface area contributed by atoms with E-state index in [2.05, 4.69) is 36.6 Å². The van der Waals surface area contributed by atoms with Gasteiger partial charge in [0.2, 0.25) is 17.7 Å². The number of amides is 3. The molecule has 1 heterocycles. The molecule has 1 fully saturated rings. The first kappa shape index (κ1) is 30.8. The number of hydrogen-bond acceptors (Lipinski definition) is 5. The minimum Gasteiger partial charge on any atom is -0.483 e. The first-order valence-corrected chi connectivity index (χ1v) is 14.0. The molecule has 0 saturated carbocycles. The van der Waals surface area contributed by atoms with Crippen LogP contribution in [0.1, 0.15) is 49.8 Å². The average Bonchev–Trinajstić information content (AvgIpc) is 3.37. The van der Waals surface area contributed by atoms with Crippen molar-refractivity contribution < 1.29 is 24.3 Å². The van der Waals surface area contributed by atoms with Crippen molar-refractivity contribution in [2.24, 2.45) is 11.8 Å². The van der Waals surface area contributed by atoms with Gasteiger partial charge in [-0.2, -0.15) is 0 Å². The van der Waals surface area contributed by atoms with Crippen LogP contribution in [-0.2, 0) is 38.6 Å². The van der Waals surface area contributed by atoms with Crippen molar-refractivity contribution in [1.29, 1.82) is 0 Å². The normalized spacial score (nSPS) is 18.7. The van der Waals surface area contributed by atoms with Crippen LogP contribution in [0.3, 0.4) is 0 Å². The van der Waals surface area contributed by atoms with Crippen LogP contribution in [0.5, 0.6) is 0 Å². The molecule has 3 amide bonds. The van der Waals surface area contributed by atoms with Gasteiger partial charge < -0.3 is 25.5 Å². The van der Waals surface area contributed by atoms with E-state index in [1.165, 1.54) is 11.1 Å². The number of anilines is 1. The fraction of sp³-hybridized carbons (Fsp3) is 0.484. The van der Waals surface area contributed by atoms with Crippen molar-refractivity contribution in [2.75, 3.05) is 26.0 Å². The van der Waals surface area contributed by atoms with E-state index in [0.717, 1.165) is 31.2 Å². The highest BCUT2D eigenvalue weighted by atomic mass is 16.3. The Bertz CT molecular complexity index is 1150. The van der Waals surface area contributed by atoms with Gasteiger partial charge in [-0.05, 0) is 61.5 Å². The number of carboxylic acid groups (broad SMARTS) is 1. The van der Waals surface area contributed by atoms with E-state index < -0.39 is 12.1 Å². The number of piperazine rings is 1. The molecule has 0 spiro atoms. The highest BCUT2D eigenvalue weighted by Gasteiger charge is 2.47. The second-order valence-corrected chi connectivity index (χ2v) is 10.8. The molecular weight excluding hydrogens is 508 g/mol. The molecule has 40 heavy (non-hydrogen) atoms. The molecule has 0 unspecified atom stereocenters. The smallest absolute Gasteiger partial charge is 0.290 e. The predicted molar refractivity (Wildman–Crippen MR) is 155 cm³/mol. The van der Waals surface area contributed by atoms with Crippen LogP contribution in [0.15, 0.2) is 48.5 Å². The largest absolute Gasteiger partial charge is 0.483 e. The molecular formula is C31H42N4O5. The molecule has 9 nitrogen and oxygen atoms in total. The molecule has 2 aromatic carbocycles. The highest BCUT2D eigenvalue weighted by molar-refractivity contribution is 5.98.